The third-order valence-corrected chi connectivity index (χ3v) is 3.59. The first-order chi connectivity index (χ1) is 8.08. The second-order valence-corrected chi connectivity index (χ2v) is 5.07. The molecule has 1 aliphatic rings. The number of aryl methyl sites for hydroxylation is 1. The Morgan fingerprint density at radius 2 is 2.35 bits per heavy atom. The van der Waals surface area contributed by atoms with Gasteiger partial charge in [-0.3, -0.25) is 0 Å². The van der Waals surface area contributed by atoms with Crippen molar-refractivity contribution in [1.29, 1.82) is 0 Å². The van der Waals surface area contributed by atoms with Crippen LogP contribution in [-0.2, 0) is 0 Å². The minimum absolute atomic E-state index is 0.652. The fraction of sp³-hybridized carbons (Fsp3) is 0.615. The lowest BCUT2D eigenvalue weighted by Gasteiger charge is -2.27. The van der Waals surface area contributed by atoms with Gasteiger partial charge in [0.1, 0.15) is 5.82 Å². The summed E-state index contributed by atoms with van der Waals surface area (Å²) in [5.41, 5.74) is 7.60. The van der Waals surface area contributed by atoms with Gasteiger partial charge >= 0.3 is 0 Å². The number of anilines is 2. The van der Waals surface area contributed by atoms with E-state index in [0.717, 1.165) is 23.6 Å². The van der Waals surface area contributed by atoms with Crippen LogP contribution in [0.3, 0.4) is 0 Å². The molecule has 1 fully saturated rings. The number of hydrogen-bond donors (Lipinski definition) is 1. The van der Waals surface area contributed by atoms with Crippen molar-refractivity contribution in [2.75, 3.05) is 37.8 Å². The molecule has 0 aliphatic carbocycles. The summed E-state index contributed by atoms with van der Waals surface area (Å²) in [5, 5.41) is 0. The molecule has 0 amide bonds. The summed E-state index contributed by atoms with van der Waals surface area (Å²) in [4.78, 5) is 9.10. The number of nitrogens with two attached hydrogens (primary N) is 1. The van der Waals surface area contributed by atoms with Crippen molar-refractivity contribution in [3.63, 3.8) is 0 Å². The van der Waals surface area contributed by atoms with Crippen molar-refractivity contribution in [3.8, 4) is 0 Å². The molecule has 0 aromatic carbocycles. The van der Waals surface area contributed by atoms with Gasteiger partial charge in [0.05, 0.1) is 11.9 Å². The van der Waals surface area contributed by atoms with E-state index in [1.165, 1.54) is 19.4 Å². The van der Waals surface area contributed by atoms with E-state index >= 15 is 0 Å². The summed E-state index contributed by atoms with van der Waals surface area (Å²) in [6.07, 6.45) is 4.33. The number of aromatic nitrogens is 1. The fourth-order valence-electron chi connectivity index (χ4n) is 2.60. The second-order valence-electron chi connectivity index (χ2n) is 5.07. The molecule has 2 N–H and O–H groups in total. The van der Waals surface area contributed by atoms with Crippen LogP contribution in [0.2, 0.25) is 0 Å². The lowest BCUT2D eigenvalue weighted by molar-refractivity contribution is 0.314. The van der Waals surface area contributed by atoms with Crippen LogP contribution in [0.15, 0.2) is 12.3 Å². The molecule has 1 saturated heterocycles. The predicted octanol–water partition coefficient (Wildman–Crippen LogP) is 1.50. The van der Waals surface area contributed by atoms with Crippen LogP contribution in [0.5, 0.6) is 0 Å². The quantitative estimate of drug-likeness (QED) is 0.861. The van der Waals surface area contributed by atoms with Crippen LogP contribution >= 0.6 is 0 Å². The maximum absolute atomic E-state index is 5.72. The van der Waals surface area contributed by atoms with Crippen molar-refractivity contribution in [3.05, 3.63) is 17.8 Å². The summed E-state index contributed by atoms with van der Waals surface area (Å²) in [7, 11) is 4.31. The predicted molar refractivity (Wildman–Crippen MR) is 72.3 cm³/mol. The van der Waals surface area contributed by atoms with E-state index in [1.54, 1.807) is 6.20 Å². The molecule has 17 heavy (non-hydrogen) atoms. The molecule has 0 spiro atoms. The van der Waals surface area contributed by atoms with Crippen LogP contribution in [0, 0.1) is 6.92 Å². The van der Waals surface area contributed by atoms with Crippen molar-refractivity contribution >= 4 is 11.5 Å². The number of rotatable bonds is 3. The molecule has 4 nitrogen and oxygen atoms in total. The molecule has 0 bridgehead atoms. The molecule has 94 valence electrons. The Kier molecular flexibility index (Phi) is 3.52. The third-order valence-electron chi connectivity index (χ3n) is 3.59. The zero-order valence-electron chi connectivity index (χ0n) is 11.0. The molecule has 1 aromatic heterocycles. The van der Waals surface area contributed by atoms with E-state index in [0.29, 0.717) is 6.04 Å². The molecule has 1 aromatic rings. The molecular weight excluding hydrogens is 212 g/mol. The SMILES string of the molecule is Cc1cc(N)cnc1N(C)CC1CCCN1C. The zero-order valence-corrected chi connectivity index (χ0v) is 11.0. The molecule has 0 radical (unpaired) electrons. The van der Waals surface area contributed by atoms with Gasteiger partial charge in [0.15, 0.2) is 0 Å². The number of nitrogen functional groups attached to an aromatic ring is 1. The fourth-order valence-corrected chi connectivity index (χ4v) is 2.60. The van der Waals surface area contributed by atoms with Crippen LogP contribution in [-0.4, -0.2) is 43.1 Å². The number of hydrogen-bond acceptors (Lipinski definition) is 4. The molecule has 2 heterocycles. The van der Waals surface area contributed by atoms with E-state index in [1.807, 2.05) is 6.07 Å². The summed E-state index contributed by atoms with van der Waals surface area (Å²) in [6, 6.07) is 2.63. The first kappa shape index (κ1) is 12.2. The van der Waals surface area contributed by atoms with Gasteiger partial charge in [-0.05, 0) is 45.0 Å². The smallest absolute Gasteiger partial charge is 0.131 e. The Morgan fingerprint density at radius 1 is 1.59 bits per heavy atom. The van der Waals surface area contributed by atoms with Crippen LogP contribution in [0.25, 0.3) is 0 Å². The van der Waals surface area contributed by atoms with E-state index in [9.17, 15) is 0 Å². The molecule has 1 unspecified atom stereocenters. The highest BCUT2D eigenvalue weighted by atomic mass is 15.2. The average molecular weight is 234 g/mol. The molecule has 0 saturated carbocycles. The molecule has 1 aliphatic heterocycles. The maximum Gasteiger partial charge on any atom is 0.131 e. The van der Waals surface area contributed by atoms with Gasteiger partial charge in [0, 0.05) is 19.6 Å². The lowest BCUT2D eigenvalue weighted by Crippen LogP contribution is -2.37. The van der Waals surface area contributed by atoms with Gasteiger partial charge in [-0.1, -0.05) is 0 Å². The van der Waals surface area contributed by atoms with Gasteiger partial charge in [-0.2, -0.15) is 0 Å². The minimum Gasteiger partial charge on any atom is -0.397 e. The molecule has 2 rings (SSSR count). The van der Waals surface area contributed by atoms with Crippen LogP contribution in [0.4, 0.5) is 11.5 Å². The first-order valence-corrected chi connectivity index (χ1v) is 6.21. The minimum atomic E-state index is 0.652. The molecule has 1 atom stereocenters. The van der Waals surface area contributed by atoms with E-state index in [4.69, 9.17) is 5.73 Å². The van der Waals surface area contributed by atoms with Crippen molar-refractivity contribution in [1.82, 2.24) is 9.88 Å². The summed E-state index contributed by atoms with van der Waals surface area (Å²) >= 11 is 0. The molecule has 4 heteroatoms. The number of pyridine rings is 1. The Morgan fingerprint density at radius 3 is 2.94 bits per heavy atom. The summed E-state index contributed by atoms with van der Waals surface area (Å²) < 4.78 is 0. The molecular formula is C13H22N4. The topological polar surface area (TPSA) is 45.4 Å². The van der Waals surface area contributed by atoms with Gasteiger partial charge < -0.3 is 15.5 Å². The van der Waals surface area contributed by atoms with Gasteiger partial charge in [0.2, 0.25) is 0 Å². The van der Waals surface area contributed by atoms with Crippen molar-refractivity contribution in [2.24, 2.45) is 0 Å². The Hall–Kier alpha value is -1.29. The van der Waals surface area contributed by atoms with Gasteiger partial charge in [-0.25, -0.2) is 4.98 Å². The number of likely N-dealkylation sites (tertiary alicyclic amines) is 1. The highest BCUT2D eigenvalue weighted by Crippen LogP contribution is 2.21. The van der Waals surface area contributed by atoms with E-state index in [2.05, 4.69) is 35.8 Å². The van der Waals surface area contributed by atoms with Gasteiger partial charge in [0.25, 0.3) is 0 Å². The Bertz CT molecular complexity index is 391. The van der Waals surface area contributed by atoms with Crippen molar-refractivity contribution in [2.45, 2.75) is 25.8 Å². The van der Waals surface area contributed by atoms with Crippen molar-refractivity contribution < 1.29 is 0 Å². The lowest BCUT2D eigenvalue weighted by atomic mass is 10.2. The summed E-state index contributed by atoms with van der Waals surface area (Å²) in [6.45, 7) is 4.31. The van der Waals surface area contributed by atoms with Crippen LogP contribution < -0.4 is 10.6 Å². The highest BCUT2D eigenvalue weighted by Gasteiger charge is 2.22. The second kappa shape index (κ2) is 4.92. The number of nitrogens with zero attached hydrogens (tertiary/aromatic N) is 3. The Labute approximate surface area is 103 Å². The largest absolute Gasteiger partial charge is 0.397 e. The first-order valence-electron chi connectivity index (χ1n) is 6.21. The highest BCUT2D eigenvalue weighted by molar-refractivity contribution is 5.52. The van der Waals surface area contributed by atoms with E-state index in [-0.39, 0.29) is 0 Å². The third kappa shape index (κ3) is 2.69. The summed E-state index contributed by atoms with van der Waals surface area (Å²) in [5.74, 6) is 1.04. The average Bonchev–Trinajstić information content (AvgIpc) is 2.64. The van der Waals surface area contributed by atoms with Crippen LogP contribution in [0.1, 0.15) is 18.4 Å². The standard InChI is InChI=1S/C13H22N4/c1-10-7-11(14)8-15-13(10)17(3)9-12-5-4-6-16(12)2/h7-8,12H,4-6,9,14H2,1-3H3. The normalized spacial score (nSPS) is 20.8. The van der Waals surface area contributed by atoms with E-state index < -0.39 is 0 Å². The van der Waals surface area contributed by atoms with Gasteiger partial charge in [-0.15, -0.1) is 0 Å². The maximum atomic E-state index is 5.72. The monoisotopic (exact) mass is 234 g/mol. The number of likely N-dealkylation sites (N-methyl/N-ethyl adjacent to an activating group) is 2. The Balaban J connectivity index is 2.06. The zero-order chi connectivity index (χ0) is 12.4.